The second kappa shape index (κ2) is 14.9. The van der Waals surface area contributed by atoms with Crippen LogP contribution < -0.4 is 0 Å². The van der Waals surface area contributed by atoms with Gasteiger partial charge in [-0.05, 0) is 67.1 Å². The van der Waals surface area contributed by atoms with Crippen LogP contribution in [0.3, 0.4) is 0 Å². The fourth-order valence-electron chi connectivity index (χ4n) is 5.19. The fraction of sp³-hybridized carbons (Fsp3) is 0.778. The van der Waals surface area contributed by atoms with Gasteiger partial charge < -0.3 is 19.3 Å². The molecule has 0 aromatic heterocycles. The number of unbranched alkanes of at least 4 members (excludes halogenated alkanes) is 4. The van der Waals surface area contributed by atoms with E-state index in [9.17, 15) is 5.11 Å². The molecule has 4 atom stereocenters. The van der Waals surface area contributed by atoms with Crippen molar-refractivity contribution in [2.75, 3.05) is 40.1 Å². The van der Waals surface area contributed by atoms with Gasteiger partial charge >= 0.3 is 0 Å². The van der Waals surface area contributed by atoms with Crippen LogP contribution in [0.1, 0.15) is 82.3 Å². The zero-order valence-electron chi connectivity index (χ0n) is 20.4. The van der Waals surface area contributed by atoms with Gasteiger partial charge in [0.05, 0.1) is 26.4 Å². The Bertz CT molecular complexity index is 599. The molecule has 4 unspecified atom stereocenters. The maximum Gasteiger partial charge on any atom is 0.118 e. The van der Waals surface area contributed by atoms with Crippen molar-refractivity contribution in [2.45, 2.75) is 78.1 Å². The summed E-state index contributed by atoms with van der Waals surface area (Å²) >= 11 is 0. The van der Waals surface area contributed by atoms with Gasteiger partial charge in [-0.15, -0.1) is 0 Å². The zero-order valence-corrected chi connectivity index (χ0v) is 20.4. The van der Waals surface area contributed by atoms with Gasteiger partial charge in [-0.3, -0.25) is 0 Å². The van der Waals surface area contributed by atoms with Crippen molar-refractivity contribution in [3.63, 3.8) is 0 Å². The first kappa shape index (κ1) is 26.2. The molecule has 2 bridgehead atoms. The minimum atomic E-state index is 0.404. The lowest BCUT2D eigenvalue weighted by molar-refractivity contribution is 0.00912. The third kappa shape index (κ3) is 8.75. The molecule has 2 aliphatic carbocycles. The molecule has 0 radical (unpaired) electrons. The molecular weight excluding hydrogens is 388 g/mol. The van der Waals surface area contributed by atoms with Crippen molar-refractivity contribution in [3.05, 3.63) is 29.3 Å². The summed E-state index contributed by atoms with van der Waals surface area (Å²) in [6.07, 6.45) is 10.9. The predicted octanol–water partition coefficient (Wildman–Crippen LogP) is 6.49. The Hall–Kier alpha value is -1.10. The zero-order chi connectivity index (χ0) is 22.5. The number of fused-ring (bicyclic) bond motifs is 2. The molecule has 2 fully saturated rings. The van der Waals surface area contributed by atoms with Crippen LogP contribution >= 0.6 is 0 Å². The molecule has 3 rings (SSSR count). The van der Waals surface area contributed by atoms with Crippen LogP contribution in [-0.2, 0) is 14.2 Å². The quantitative estimate of drug-likeness (QED) is 0.361. The summed E-state index contributed by atoms with van der Waals surface area (Å²) in [7, 11) is 1.68. The second-order valence-corrected chi connectivity index (χ2v) is 9.38. The molecule has 4 nitrogen and oxygen atoms in total. The number of rotatable bonds is 13. The largest absolute Gasteiger partial charge is 0.508 e. The minimum absolute atomic E-state index is 0.404. The first-order valence-electron chi connectivity index (χ1n) is 12.5. The highest BCUT2D eigenvalue weighted by atomic mass is 16.5. The van der Waals surface area contributed by atoms with Gasteiger partial charge in [-0.2, -0.15) is 0 Å². The first-order valence-corrected chi connectivity index (χ1v) is 12.5. The average molecular weight is 435 g/mol. The molecule has 4 heteroatoms. The Balaban J connectivity index is 0.000000423. The molecule has 0 aliphatic heterocycles. The predicted molar refractivity (Wildman–Crippen MR) is 128 cm³/mol. The second-order valence-electron chi connectivity index (χ2n) is 9.38. The summed E-state index contributed by atoms with van der Waals surface area (Å²) < 4.78 is 16.2. The van der Waals surface area contributed by atoms with Crippen LogP contribution in [0.2, 0.25) is 0 Å². The Kier molecular flexibility index (Phi) is 12.5. The smallest absolute Gasteiger partial charge is 0.118 e. The van der Waals surface area contributed by atoms with E-state index in [1.807, 2.05) is 13.0 Å². The van der Waals surface area contributed by atoms with E-state index in [1.54, 1.807) is 7.11 Å². The van der Waals surface area contributed by atoms with Gasteiger partial charge in [-0.1, -0.05) is 58.1 Å². The number of ether oxygens (including phenoxy) is 3. The van der Waals surface area contributed by atoms with Crippen molar-refractivity contribution < 1.29 is 19.3 Å². The summed E-state index contributed by atoms with van der Waals surface area (Å²) in [5.74, 6) is 3.36. The minimum Gasteiger partial charge on any atom is -0.508 e. The maximum atomic E-state index is 9.72. The van der Waals surface area contributed by atoms with Crippen LogP contribution in [0.4, 0.5) is 0 Å². The van der Waals surface area contributed by atoms with Crippen LogP contribution in [0.5, 0.6) is 5.75 Å². The van der Waals surface area contributed by atoms with Crippen LogP contribution in [0.15, 0.2) is 18.2 Å². The van der Waals surface area contributed by atoms with E-state index >= 15 is 0 Å². The number of hydrogen-bond acceptors (Lipinski definition) is 4. The van der Waals surface area contributed by atoms with Crippen molar-refractivity contribution in [2.24, 2.45) is 17.8 Å². The highest BCUT2D eigenvalue weighted by Gasteiger charge is 2.46. The fourth-order valence-corrected chi connectivity index (χ4v) is 5.19. The average Bonchev–Trinajstić information content (AvgIpc) is 3.37. The van der Waals surface area contributed by atoms with E-state index in [0.29, 0.717) is 44.0 Å². The van der Waals surface area contributed by atoms with Gasteiger partial charge in [0.25, 0.3) is 0 Å². The molecule has 2 aliphatic rings. The molecule has 0 heterocycles. The Morgan fingerprint density at radius 2 is 1.58 bits per heavy atom. The van der Waals surface area contributed by atoms with E-state index in [4.69, 9.17) is 14.2 Å². The van der Waals surface area contributed by atoms with Crippen molar-refractivity contribution in [1.82, 2.24) is 0 Å². The van der Waals surface area contributed by atoms with E-state index in [1.165, 1.54) is 56.9 Å². The van der Waals surface area contributed by atoms with Gasteiger partial charge in [0, 0.05) is 13.7 Å². The van der Waals surface area contributed by atoms with Crippen molar-refractivity contribution >= 4 is 0 Å². The third-order valence-corrected chi connectivity index (χ3v) is 7.00. The Labute approximate surface area is 190 Å². The van der Waals surface area contributed by atoms with Gasteiger partial charge in [0.2, 0.25) is 0 Å². The summed E-state index contributed by atoms with van der Waals surface area (Å²) in [4.78, 5) is 0. The SMILES string of the molecule is CCCCCCC.COCCOCCOCC1CC2CC1CC2c1ccc(O)c(C)c1. The van der Waals surface area contributed by atoms with E-state index in [0.717, 1.165) is 24.0 Å². The molecule has 0 amide bonds. The van der Waals surface area contributed by atoms with E-state index in [-0.39, 0.29) is 0 Å². The Morgan fingerprint density at radius 1 is 0.871 bits per heavy atom. The molecule has 0 saturated heterocycles. The molecule has 0 spiro atoms. The van der Waals surface area contributed by atoms with Crippen LogP contribution in [-0.4, -0.2) is 45.3 Å². The number of benzene rings is 1. The topological polar surface area (TPSA) is 47.9 Å². The van der Waals surface area contributed by atoms with E-state index in [2.05, 4.69) is 26.0 Å². The standard InChI is InChI=1S/C20H30O4.C7H16/c1-14-9-15(3-4-20(14)21)19-12-16-10-17(19)11-18(16)13-24-8-7-23-6-5-22-2;1-3-5-7-6-4-2/h3-4,9,16-19,21H,5-8,10-13H2,1-2H3;3-7H2,1-2H3. The first-order chi connectivity index (χ1) is 15.1. The Morgan fingerprint density at radius 3 is 2.19 bits per heavy atom. The van der Waals surface area contributed by atoms with E-state index < -0.39 is 0 Å². The van der Waals surface area contributed by atoms with Crippen LogP contribution in [0.25, 0.3) is 0 Å². The van der Waals surface area contributed by atoms with Gasteiger partial charge in [-0.25, -0.2) is 0 Å². The molecule has 178 valence electrons. The third-order valence-electron chi connectivity index (χ3n) is 7.00. The number of aromatic hydroxyl groups is 1. The molecule has 2 saturated carbocycles. The number of aryl methyl sites for hydroxylation is 1. The number of phenolic OH excluding ortho intramolecular Hbond substituents is 1. The molecule has 1 aromatic rings. The lowest BCUT2D eigenvalue weighted by Gasteiger charge is -2.28. The lowest BCUT2D eigenvalue weighted by atomic mass is 9.78. The summed E-state index contributed by atoms with van der Waals surface area (Å²) in [6, 6.07) is 6.13. The molecule has 1 N–H and O–H groups in total. The molecule has 31 heavy (non-hydrogen) atoms. The number of hydrogen-bond donors (Lipinski definition) is 1. The number of methoxy groups -OCH3 is 1. The highest BCUT2D eigenvalue weighted by Crippen LogP contribution is 2.55. The number of phenols is 1. The van der Waals surface area contributed by atoms with Gasteiger partial charge in [0.15, 0.2) is 0 Å². The monoisotopic (exact) mass is 434 g/mol. The summed E-state index contributed by atoms with van der Waals surface area (Å²) in [6.45, 7) is 9.96. The molecule has 1 aromatic carbocycles. The summed E-state index contributed by atoms with van der Waals surface area (Å²) in [5, 5.41) is 9.72. The summed E-state index contributed by atoms with van der Waals surface area (Å²) in [5.41, 5.74) is 2.40. The normalized spacial score (nSPS) is 24.3. The van der Waals surface area contributed by atoms with Crippen molar-refractivity contribution in [3.8, 4) is 5.75 Å². The van der Waals surface area contributed by atoms with Gasteiger partial charge in [0.1, 0.15) is 5.75 Å². The van der Waals surface area contributed by atoms with Crippen LogP contribution in [0, 0.1) is 24.7 Å². The van der Waals surface area contributed by atoms with Crippen molar-refractivity contribution in [1.29, 1.82) is 0 Å². The molecular formula is C27H46O4. The lowest BCUT2D eigenvalue weighted by Crippen LogP contribution is -2.22. The maximum absolute atomic E-state index is 9.72. The highest BCUT2D eigenvalue weighted by molar-refractivity contribution is 5.37.